The Hall–Kier alpha value is -1.82. The van der Waals surface area contributed by atoms with Gasteiger partial charge in [0.1, 0.15) is 11.5 Å². The van der Waals surface area contributed by atoms with Crippen LogP contribution in [0.3, 0.4) is 0 Å². The molecule has 0 aliphatic carbocycles. The number of hydrogen-bond donors (Lipinski definition) is 3. The van der Waals surface area contributed by atoms with Crippen molar-refractivity contribution in [2.75, 3.05) is 6.54 Å². The van der Waals surface area contributed by atoms with E-state index >= 15 is 0 Å². The highest BCUT2D eigenvalue weighted by atomic mass is 35.5. The summed E-state index contributed by atoms with van der Waals surface area (Å²) in [6.07, 6.45) is 3.42. The number of unbranched alkanes of at least 4 members (excludes halogenated alkanes) is 1. The minimum atomic E-state index is -0.240. The van der Waals surface area contributed by atoms with Crippen molar-refractivity contribution in [1.29, 1.82) is 0 Å². The Balaban J connectivity index is 2.23. The number of carbonyl (C=O) groups is 1. The maximum atomic E-state index is 11.6. The van der Waals surface area contributed by atoms with Gasteiger partial charge in [0.15, 0.2) is 0 Å². The molecular formula is C11H15ClN4O2. The Bertz CT molecular complexity index is 420. The molecule has 0 atom stereocenters. The molecule has 4 N–H and O–H groups in total. The number of halogens is 1. The van der Waals surface area contributed by atoms with Crippen molar-refractivity contribution in [3.8, 4) is 0 Å². The zero-order chi connectivity index (χ0) is 13.4. The molecule has 0 spiro atoms. The summed E-state index contributed by atoms with van der Waals surface area (Å²) in [7, 11) is 0. The number of rotatable bonds is 6. The van der Waals surface area contributed by atoms with Crippen LogP contribution >= 0.6 is 11.6 Å². The highest BCUT2D eigenvalue weighted by molar-refractivity contribution is 6.30. The quantitative estimate of drug-likeness (QED) is 0.239. The number of nitrogens with one attached hydrogen (secondary N) is 1. The van der Waals surface area contributed by atoms with Crippen molar-refractivity contribution < 1.29 is 10.0 Å². The molecule has 0 bridgehead atoms. The predicted octanol–water partition coefficient (Wildman–Crippen LogP) is 1.38. The van der Waals surface area contributed by atoms with E-state index in [2.05, 4.69) is 15.5 Å². The highest BCUT2D eigenvalue weighted by Gasteiger charge is 2.05. The first-order valence-electron chi connectivity index (χ1n) is 5.49. The zero-order valence-corrected chi connectivity index (χ0v) is 10.5. The van der Waals surface area contributed by atoms with Crippen molar-refractivity contribution in [2.24, 2.45) is 10.9 Å². The summed E-state index contributed by atoms with van der Waals surface area (Å²) in [6.45, 7) is 0.516. The summed E-state index contributed by atoms with van der Waals surface area (Å²) in [5, 5.41) is 14.4. The van der Waals surface area contributed by atoms with Crippen LogP contribution in [0.25, 0.3) is 0 Å². The fourth-order valence-corrected chi connectivity index (χ4v) is 1.40. The summed E-state index contributed by atoms with van der Waals surface area (Å²) in [6, 6.07) is 3.18. The number of nitrogens with zero attached hydrogens (tertiary/aromatic N) is 2. The van der Waals surface area contributed by atoms with Crippen LogP contribution in [0.2, 0.25) is 5.02 Å². The molecule has 1 aromatic heterocycles. The van der Waals surface area contributed by atoms with Crippen LogP contribution in [-0.4, -0.2) is 28.5 Å². The average molecular weight is 271 g/mol. The van der Waals surface area contributed by atoms with E-state index in [0.717, 1.165) is 12.8 Å². The number of aromatic nitrogens is 1. The molecule has 7 heteroatoms. The van der Waals surface area contributed by atoms with Crippen molar-refractivity contribution in [3.63, 3.8) is 0 Å². The monoisotopic (exact) mass is 270 g/mol. The molecule has 0 fully saturated rings. The van der Waals surface area contributed by atoms with Crippen LogP contribution < -0.4 is 11.1 Å². The van der Waals surface area contributed by atoms with Gasteiger partial charge in [-0.05, 0) is 25.0 Å². The fraction of sp³-hybridized carbons (Fsp3) is 0.364. The highest BCUT2D eigenvalue weighted by Crippen LogP contribution is 2.05. The summed E-state index contributed by atoms with van der Waals surface area (Å²) in [5.41, 5.74) is 5.64. The summed E-state index contributed by atoms with van der Waals surface area (Å²) >= 11 is 5.67. The van der Waals surface area contributed by atoms with Gasteiger partial charge in [-0.1, -0.05) is 16.8 Å². The number of carbonyl (C=O) groups excluding carboxylic acids is 1. The number of amidine groups is 1. The first-order chi connectivity index (χ1) is 8.63. The van der Waals surface area contributed by atoms with Crippen LogP contribution in [0.4, 0.5) is 0 Å². The minimum absolute atomic E-state index is 0.195. The van der Waals surface area contributed by atoms with E-state index in [9.17, 15) is 4.79 Å². The van der Waals surface area contributed by atoms with Crippen LogP contribution in [0.5, 0.6) is 0 Å². The average Bonchev–Trinajstić information content (AvgIpc) is 2.38. The van der Waals surface area contributed by atoms with E-state index in [1.54, 1.807) is 12.1 Å². The Labute approximate surface area is 110 Å². The van der Waals surface area contributed by atoms with Gasteiger partial charge in [0.05, 0.1) is 5.02 Å². The lowest BCUT2D eigenvalue weighted by Crippen LogP contribution is -2.25. The standard InChI is InChI=1S/C11H15ClN4O2/c12-8-4-5-9(15-7-8)11(17)14-6-2-1-3-10(13)16-18/h4-5,7,18H,1-3,6H2,(H2,13,16)(H,14,17). The second kappa shape index (κ2) is 7.50. The largest absolute Gasteiger partial charge is 0.409 e. The molecule has 1 amide bonds. The second-order valence-corrected chi connectivity index (χ2v) is 4.10. The second-order valence-electron chi connectivity index (χ2n) is 3.67. The van der Waals surface area contributed by atoms with Crippen LogP contribution in [-0.2, 0) is 0 Å². The Morgan fingerprint density at radius 3 is 2.89 bits per heavy atom. The van der Waals surface area contributed by atoms with E-state index in [1.807, 2.05) is 0 Å². The lowest BCUT2D eigenvalue weighted by Gasteiger charge is -2.04. The maximum Gasteiger partial charge on any atom is 0.269 e. The van der Waals surface area contributed by atoms with E-state index in [4.69, 9.17) is 22.5 Å². The Morgan fingerprint density at radius 1 is 1.50 bits per heavy atom. The lowest BCUT2D eigenvalue weighted by molar-refractivity contribution is 0.0948. The van der Waals surface area contributed by atoms with Gasteiger partial charge in [0, 0.05) is 19.2 Å². The van der Waals surface area contributed by atoms with Gasteiger partial charge >= 0.3 is 0 Å². The third-order valence-electron chi connectivity index (χ3n) is 2.23. The molecule has 0 unspecified atom stereocenters. The van der Waals surface area contributed by atoms with Gasteiger partial charge in [-0.15, -0.1) is 0 Å². The summed E-state index contributed by atoms with van der Waals surface area (Å²) in [5.74, 6) is -0.0452. The third kappa shape index (κ3) is 5.01. The third-order valence-corrected chi connectivity index (χ3v) is 2.46. The molecule has 1 rings (SSSR count). The summed E-state index contributed by atoms with van der Waals surface area (Å²) < 4.78 is 0. The molecule has 1 aromatic rings. The molecule has 6 nitrogen and oxygen atoms in total. The van der Waals surface area contributed by atoms with Crippen molar-refractivity contribution in [2.45, 2.75) is 19.3 Å². The SMILES string of the molecule is NC(CCCCNC(=O)c1ccc(Cl)cn1)=NO. The molecule has 0 aliphatic heterocycles. The molecule has 1 heterocycles. The number of oxime groups is 1. The van der Waals surface area contributed by atoms with Crippen molar-refractivity contribution in [3.05, 3.63) is 29.0 Å². The van der Waals surface area contributed by atoms with E-state index in [-0.39, 0.29) is 11.7 Å². The molecule has 0 aromatic carbocycles. The Kier molecular flexibility index (Phi) is 5.93. The number of pyridine rings is 1. The molecule has 18 heavy (non-hydrogen) atoms. The zero-order valence-electron chi connectivity index (χ0n) is 9.77. The maximum absolute atomic E-state index is 11.6. The van der Waals surface area contributed by atoms with E-state index < -0.39 is 0 Å². The van der Waals surface area contributed by atoms with Crippen LogP contribution in [0.15, 0.2) is 23.5 Å². The van der Waals surface area contributed by atoms with Gasteiger partial charge in [-0.2, -0.15) is 0 Å². The number of amides is 1. The van der Waals surface area contributed by atoms with Crippen LogP contribution in [0.1, 0.15) is 29.8 Å². The lowest BCUT2D eigenvalue weighted by atomic mass is 10.2. The minimum Gasteiger partial charge on any atom is -0.409 e. The van der Waals surface area contributed by atoms with Crippen LogP contribution in [0, 0.1) is 0 Å². The smallest absolute Gasteiger partial charge is 0.269 e. The van der Waals surface area contributed by atoms with Crippen molar-refractivity contribution >= 4 is 23.3 Å². The first kappa shape index (κ1) is 14.2. The van der Waals surface area contributed by atoms with Gasteiger partial charge in [0.2, 0.25) is 0 Å². The molecular weight excluding hydrogens is 256 g/mol. The van der Waals surface area contributed by atoms with Gasteiger partial charge in [-0.25, -0.2) is 4.98 Å². The van der Waals surface area contributed by atoms with Gasteiger partial charge < -0.3 is 16.3 Å². The van der Waals surface area contributed by atoms with Gasteiger partial charge in [-0.3, -0.25) is 4.79 Å². The molecule has 0 aliphatic rings. The normalized spacial score (nSPS) is 11.3. The van der Waals surface area contributed by atoms with Gasteiger partial charge in [0.25, 0.3) is 5.91 Å². The predicted molar refractivity (Wildman–Crippen MR) is 68.8 cm³/mol. The Morgan fingerprint density at radius 2 is 2.28 bits per heavy atom. The topological polar surface area (TPSA) is 101 Å². The molecule has 0 radical (unpaired) electrons. The van der Waals surface area contributed by atoms with E-state index in [1.165, 1.54) is 6.20 Å². The number of nitrogens with two attached hydrogens (primary N) is 1. The molecule has 0 saturated heterocycles. The molecule has 98 valence electrons. The first-order valence-corrected chi connectivity index (χ1v) is 5.87. The van der Waals surface area contributed by atoms with E-state index in [0.29, 0.717) is 23.7 Å². The summed E-state index contributed by atoms with van der Waals surface area (Å²) in [4.78, 5) is 15.5. The number of hydrogen-bond acceptors (Lipinski definition) is 4. The fourth-order valence-electron chi connectivity index (χ4n) is 1.28. The van der Waals surface area contributed by atoms with Crippen molar-refractivity contribution in [1.82, 2.24) is 10.3 Å². The molecule has 0 saturated carbocycles.